The summed E-state index contributed by atoms with van der Waals surface area (Å²) >= 11 is 0. The Morgan fingerprint density at radius 2 is 2.26 bits per heavy atom. The molecule has 0 fully saturated rings. The minimum atomic E-state index is -0.628. The topological polar surface area (TPSA) is 76.2 Å². The van der Waals surface area contributed by atoms with E-state index in [1.54, 1.807) is 6.20 Å². The third-order valence-electron chi connectivity index (χ3n) is 4.40. The van der Waals surface area contributed by atoms with Crippen molar-refractivity contribution in [3.05, 3.63) is 36.2 Å². The molecule has 0 aromatic carbocycles. The first-order chi connectivity index (χ1) is 11.2. The summed E-state index contributed by atoms with van der Waals surface area (Å²) in [7, 11) is 0. The zero-order chi connectivity index (χ0) is 16.2. The molecule has 2 aromatic rings. The highest BCUT2D eigenvalue weighted by molar-refractivity contribution is 5.91. The molecule has 0 aliphatic carbocycles. The summed E-state index contributed by atoms with van der Waals surface area (Å²) in [5.41, 5.74) is 3.30. The van der Waals surface area contributed by atoms with E-state index in [2.05, 4.69) is 32.7 Å². The van der Waals surface area contributed by atoms with Gasteiger partial charge in [-0.1, -0.05) is 19.9 Å². The van der Waals surface area contributed by atoms with E-state index in [0.717, 1.165) is 37.2 Å². The Morgan fingerprint density at radius 3 is 3.04 bits per heavy atom. The Bertz CT molecular complexity index is 676. The predicted octanol–water partition coefficient (Wildman–Crippen LogP) is 1.13. The number of nitrogens with zero attached hydrogens (tertiary/aromatic N) is 2. The van der Waals surface area contributed by atoms with Gasteiger partial charge in [0.1, 0.15) is 5.65 Å². The van der Waals surface area contributed by atoms with E-state index in [9.17, 15) is 5.11 Å². The second-order valence-corrected chi connectivity index (χ2v) is 5.79. The molecule has 1 aliphatic rings. The third kappa shape index (κ3) is 3.45. The minimum absolute atomic E-state index is 0.0935. The van der Waals surface area contributed by atoms with E-state index in [-0.39, 0.29) is 6.04 Å². The van der Waals surface area contributed by atoms with Crippen LogP contribution in [-0.2, 0) is 0 Å². The molecule has 0 bridgehead atoms. The number of rotatable bonds is 6. The van der Waals surface area contributed by atoms with Gasteiger partial charge < -0.3 is 15.4 Å². The van der Waals surface area contributed by atoms with E-state index >= 15 is 0 Å². The van der Waals surface area contributed by atoms with Gasteiger partial charge in [-0.25, -0.2) is 4.98 Å². The standard InChI is InChI=1S/C17H25N5O/c1-3-22(4-2)17(23)21-13-8-12(9-18-10-13)15-11-20-16-14(15)6-5-7-19-16/h5-8,11,13,17-18,21,23H,3-4,9-10H2,1-2H3,(H,19,20). The Balaban J connectivity index is 1.79. The van der Waals surface area contributed by atoms with Gasteiger partial charge in [0.2, 0.25) is 0 Å². The third-order valence-corrected chi connectivity index (χ3v) is 4.40. The van der Waals surface area contributed by atoms with Crippen LogP contribution in [0.3, 0.4) is 0 Å². The molecule has 2 atom stereocenters. The number of H-pyrrole nitrogens is 1. The molecule has 2 unspecified atom stereocenters. The second-order valence-electron chi connectivity index (χ2n) is 5.79. The minimum Gasteiger partial charge on any atom is -0.365 e. The average Bonchev–Trinajstić information content (AvgIpc) is 3.00. The van der Waals surface area contributed by atoms with Crippen molar-refractivity contribution in [2.75, 3.05) is 26.2 Å². The van der Waals surface area contributed by atoms with Gasteiger partial charge in [-0.05, 0) is 30.8 Å². The lowest BCUT2D eigenvalue weighted by Crippen LogP contribution is -2.53. The fourth-order valence-electron chi connectivity index (χ4n) is 3.10. The summed E-state index contributed by atoms with van der Waals surface area (Å²) in [5.74, 6) is 0. The van der Waals surface area contributed by atoms with Crippen LogP contribution in [0.4, 0.5) is 0 Å². The summed E-state index contributed by atoms with van der Waals surface area (Å²) in [5, 5.41) is 18.1. The maximum Gasteiger partial charge on any atom is 0.163 e. The first-order valence-corrected chi connectivity index (χ1v) is 8.25. The fraction of sp³-hybridized carbons (Fsp3) is 0.471. The van der Waals surface area contributed by atoms with E-state index in [1.165, 1.54) is 11.1 Å². The van der Waals surface area contributed by atoms with Crippen LogP contribution in [0.15, 0.2) is 30.6 Å². The molecule has 23 heavy (non-hydrogen) atoms. The highest BCUT2D eigenvalue weighted by Crippen LogP contribution is 2.25. The van der Waals surface area contributed by atoms with Crippen LogP contribution >= 0.6 is 0 Å². The van der Waals surface area contributed by atoms with Crippen molar-refractivity contribution in [2.24, 2.45) is 0 Å². The van der Waals surface area contributed by atoms with Gasteiger partial charge in [-0.15, -0.1) is 0 Å². The maximum absolute atomic E-state index is 10.3. The lowest BCUT2D eigenvalue weighted by molar-refractivity contribution is -0.0207. The van der Waals surface area contributed by atoms with Crippen LogP contribution in [-0.4, -0.2) is 58.5 Å². The Morgan fingerprint density at radius 1 is 1.43 bits per heavy atom. The highest BCUT2D eigenvalue weighted by Gasteiger charge is 2.20. The number of nitrogens with one attached hydrogen (secondary N) is 3. The van der Waals surface area contributed by atoms with Crippen molar-refractivity contribution in [3.63, 3.8) is 0 Å². The zero-order valence-electron chi connectivity index (χ0n) is 13.7. The normalized spacial score (nSPS) is 20.0. The molecule has 0 radical (unpaired) electrons. The van der Waals surface area contributed by atoms with Gasteiger partial charge in [-0.2, -0.15) is 0 Å². The van der Waals surface area contributed by atoms with Crippen LogP contribution < -0.4 is 10.6 Å². The van der Waals surface area contributed by atoms with Crippen molar-refractivity contribution < 1.29 is 5.11 Å². The molecule has 3 rings (SSSR count). The molecular weight excluding hydrogens is 290 g/mol. The molecule has 4 N–H and O–H groups in total. The fourth-order valence-corrected chi connectivity index (χ4v) is 3.10. The number of pyridine rings is 1. The molecule has 0 saturated heterocycles. The van der Waals surface area contributed by atoms with Gasteiger partial charge in [-0.3, -0.25) is 10.2 Å². The first kappa shape index (κ1) is 16.1. The maximum atomic E-state index is 10.3. The lowest BCUT2D eigenvalue weighted by atomic mass is 10.0. The number of aliphatic hydroxyl groups excluding tert-OH is 1. The number of fused-ring (bicyclic) bond motifs is 1. The Hall–Kier alpha value is -1.73. The summed E-state index contributed by atoms with van der Waals surface area (Å²) < 4.78 is 0. The van der Waals surface area contributed by atoms with Crippen molar-refractivity contribution in [1.82, 2.24) is 25.5 Å². The summed E-state index contributed by atoms with van der Waals surface area (Å²) in [4.78, 5) is 9.55. The predicted molar refractivity (Wildman–Crippen MR) is 92.8 cm³/mol. The summed E-state index contributed by atoms with van der Waals surface area (Å²) in [6, 6.07) is 4.13. The van der Waals surface area contributed by atoms with Crippen LogP contribution in [0.25, 0.3) is 16.6 Å². The van der Waals surface area contributed by atoms with E-state index in [4.69, 9.17) is 0 Å². The summed E-state index contributed by atoms with van der Waals surface area (Å²) in [6.07, 6.45) is 5.38. The number of hydrogen-bond donors (Lipinski definition) is 4. The van der Waals surface area contributed by atoms with Crippen LogP contribution in [0, 0.1) is 0 Å². The van der Waals surface area contributed by atoms with Crippen LogP contribution in [0.1, 0.15) is 19.4 Å². The summed E-state index contributed by atoms with van der Waals surface area (Å²) in [6.45, 7) is 7.36. The van der Waals surface area contributed by atoms with E-state index in [0.29, 0.717) is 0 Å². The molecule has 1 aliphatic heterocycles. The smallest absolute Gasteiger partial charge is 0.163 e. The van der Waals surface area contributed by atoms with Crippen molar-refractivity contribution in [3.8, 4) is 0 Å². The highest BCUT2D eigenvalue weighted by atomic mass is 16.3. The molecular formula is C17H25N5O. The Kier molecular flexibility index (Phi) is 5.07. The van der Waals surface area contributed by atoms with Gasteiger partial charge >= 0.3 is 0 Å². The van der Waals surface area contributed by atoms with Crippen LogP contribution in [0.5, 0.6) is 0 Å². The average molecular weight is 315 g/mol. The van der Waals surface area contributed by atoms with Gasteiger partial charge in [0.15, 0.2) is 6.35 Å². The van der Waals surface area contributed by atoms with Crippen molar-refractivity contribution in [2.45, 2.75) is 26.2 Å². The quantitative estimate of drug-likeness (QED) is 0.601. The molecule has 2 aromatic heterocycles. The lowest BCUT2D eigenvalue weighted by Gasteiger charge is -2.31. The molecule has 124 valence electrons. The molecule has 3 heterocycles. The number of aliphatic hydroxyl groups is 1. The number of aromatic nitrogens is 2. The molecule has 6 nitrogen and oxygen atoms in total. The van der Waals surface area contributed by atoms with Gasteiger partial charge in [0.05, 0.1) is 0 Å². The van der Waals surface area contributed by atoms with E-state index in [1.807, 2.05) is 31.0 Å². The second kappa shape index (κ2) is 7.23. The molecule has 6 heteroatoms. The molecule has 0 amide bonds. The van der Waals surface area contributed by atoms with Crippen LogP contribution in [0.2, 0.25) is 0 Å². The monoisotopic (exact) mass is 315 g/mol. The molecule has 0 saturated carbocycles. The van der Waals surface area contributed by atoms with Gasteiger partial charge in [0, 0.05) is 42.5 Å². The zero-order valence-corrected chi connectivity index (χ0v) is 13.7. The number of hydrogen-bond acceptors (Lipinski definition) is 5. The van der Waals surface area contributed by atoms with Crippen molar-refractivity contribution >= 4 is 16.6 Å². The largest absolute Gasteiger partial charge is 0.365 e. The number of aromatic amines is 1. The first-order valence-electron chi connectivity index (χ1n) is 8.25. The van der Waals surface area contributed by atoms with Crippen molar-refractivity contribution in [1.29, 1.82) is 0 Å². The SMILES string of the molecule is CCN(CC)C(O)NC1C=C(c2c[nH]c3ncccc23)CNC1. The van der Waals surface area contributed by atoms with E-state index < -0.39 is 6.35 Å². The molecule has 0 spiro atoms. The van der Waals surface area contributed by atoms with Gasteiger partial charge in [0.25, 0.3) is 0 Å². The Labute approximate surface area is 136 Å².